The Morgan fingerprint density at radius 3 is 3.14 bits per heavy atom. The number of carbonyl (C=O) groups excluding carboxylic acids is 1. The van der Waals surface area contributed by atoms with Gasteiger partial charge in [0.25, 0.3) is 0 Å². The van der Waals surface area contributed by atoms with Gasteiger partial charge in [0.05, 0.1) is 12.6 Å². The quantitative estimate of drug-likeness (QED) is 0.912. The Morgan fingerprint density at radius 2 is 2.32 bits per heavy atom. The van der Waals surface area contributed by atoms with Crippen LogP contribution >= 0.6 is 11.8 Å². The summed E-state index contributed by atoms with van der Waals surface area (Å²) in [6, 6.07) is 10.2. The fourth-order valence-corrected chi connectivity index (χ4v) is 3.78. The van der Waals surface area contributed by atoms with Crippen molar-refractivity contribution in [1.82, 2.24) is 20.4 Å². The summed E-state index contributed by atoms with van der Waals surface area (Å²) in [5, 5.41) is 10.2. The third-order valence-electron chi connectivity index (χ3n) is 3.66. The Morgan fingerprint density at radius 1 is 1.45 bits per heavy atom. The van der Waals surface area contributed by atoms with Gasteiger partial charge in [0.1, 0.15) is 0 Å². The molecule has 5 nitrogen and oxygen atoms in total. The molecule has 0 saturated carbocycles. The molecule has 1 aromatic heterocycles. The minimum Gasteiger partial charge on any atom is -0.334 e. The van der Waals surface area contributed by atoms with Gasteiger partial charge in [-0.15, -0.1) is 11.8 Å². The number of rotatable bonds is 4. The molecule has 22 heavy (non-hydrogen) atoms. The first-order valence-corrected chi connectivity index (χ1v) is 8.47. The molecule has 0 unspecified atom stereocenters. The Kier molecular flexibility index (Phi) is 4.68. The highest BCUT2D eigenvalue weighted by Crippen LogP contribution is 2.35. The molecule has 0 bridgehead atoms. The zero-order chi connectivity index (χ0) is 15.4. The van der Waals surface area contributed by atoms with Crippen molar-refractivity contribution in [2.24, 2.45) is 0 Å². The van der Waals surface area contributed by atoms with Crippen LogP contribution in [0.15, 0.2) is 47.6 Å². The summed E-state index contributed by atoms with van der Waals surface area (Å²) >= 11 is 1.85. The number of fused-ring (bicyclic) bond motifs is 1. The molecule has 0 radical (unpaired) electrons. The molecule has 2 N–H and O–H groups in total. The topological polar surface area (TPSA) is 59.0 Å². The van der Waals surface area contributed by atoms with Crippen LogP contribution in [0.1, 0.15) is 24.9 Å². The molecule has 2 amide bonds. The number of amides is 2. The molecule has 1 aromatic carbocycles. The minimum absolute atomic E-state index is 0.0214. The van der Waals surface area contributed by atoms with Gasteiger partial charge >= 0.3 is 6.03 Å². The number of thioether (sulfide) groups is 1. The summed E-state index contributed by atoms with van der Waals surface area (Å²) in [4.78, 5) is 13.5. The van der Waals surface area contributed by atoms with Crippen molar-refractivity contribution >= 4 is 17.8 Å². The van der Waals surface area contributed by atoms with E-state index in [-0.39, 0.29) is 18.1 Å². The van der Waals surface area contributed by atoms with Gasteiger partial charge < -0.3 is 10.6 Å². The Bertz CT molecular complexity index is 629. The van der Waals surface area contributed by atoms with Gasteiger partial charge in [0.15, 0.2) is 0 Å². The molecule has 2 atom stereocenters. The van der Waals surface area contributed by atoms with E-state index in [2.05, 4.69) is 27.9 Å². The lowest BCUT2D eigenvalue weighted by Gasteiger charge is -2.26. The van der Waals surface area contributed by atoms with E-state index in [4.69, 9.17) is 0 Å². The second-order valence-corrected chi connectivity index (χ2v) is 6.61. The van der Waals surface area contributed by atoms with E-state index in [1.807, 2.05) is 47.8 Å². The standard InChI is InChI=1S/C16H20N4OS/c1-12(11-20-9-4-8-17-20)18-16(21)19-14-7-10-22-15-6-3-2-5-13(14)15/h2-6,8-9,12,14H,7,10-11H2,1H3,(H2,18,19,21)/t12-,14+/m1/s1. The molecule has 6 heteroatoms. The summed E-state index contributed by atoms with van der Waals surface area (Å²) in [5.74, 6) is 1.03. The van der Waals surface area contributed by atoms with E-state index in [9.17, 15) is 4.79 Å². The average molecular weight is 316 g/mol. The van der Waals surface area contributed by atoms with E-state index < -0.39 is 0 Å². The van der Waals surface area contributed by atoms with Crippen LogP contribution in [-0.2, 0) is 6.54 Å². The first kappa shape index (κ1) is 15.0. The summed E-state index contributed by atoms with van der Waals surface area (Å²) in [5.41, 5.74) is 1.22. The molecule has 1 aliphatic rings. The first-order chi connectivity index (χ1) is 10.7. The number of urea groups is 1. The third kappa shape index (κ3) is 3.62. The molecule has 0 aliphatic carbocycles. The van der Waals surface area contributed by atoms with Gasteiger partial charge in [-0.3, -0.25) is 4.68 Å². The van der Waals surface area contributed by atoms with Gasteiger partial charge in [-0.05, 0) is 31.0 Å². The Hall–Kier alpha value is -1.95. The van der Waals surface area contributed by atoms with Gasteiger partial charge in [-0.2, -0.15) is 5.10 Å². The van der Waals surface area contributed by atoms with Gasteiger partial charge in [-0.1, -0.05) is 18.2 Å². The molecule has 3 rings (SSSR count). The minimum atomic E-state index is -0.119. The number of carbonyl (C=O) groups is 1. The van der Waals surface area contributed by atoms with E-state index in [1.165, 1.54) is 10.5 Å². The maximum Gasteiger partial charge on any atom is 0.315 e. The zero-order valence-corrected chi connectivity index (χ0v) is 13.3. The monoisotopic (exact) mass is 316 g/mol. The van der Waals surface area contributed by atoms with Crippen LogP contribution < -0.4 is 10.6 Å². The maximum absolute atomic E-state index is 12.2. The van der Waals surface area contributed by atoms with Crippen LogP contribution in [0.2, 0.25) is 0 Å². The Labute approximate surface area is 134 Å². The molecule has 0 fully saturated rings. The fraction of sp³-hybridized carbons (Fsp3) is 0.375. The lowest BCUT2D eigenvalue weighted by atomic mass is 10.0. The molecule has 0 saturated heterocycles. The number of aromatic nitrogens is 2. The van der Waals surface area contributed by atoms with Gasteiger partial charge in [0, 0.05) is 29.1 Å². The number of hydrogen-bond acceptors (Lipinski definition) is 3. The van der Waals surface area contributed by atoms with Gasteiger partial charge in [0.2, 0.25) is 0 Å². The highest BCUT2D eigenvalue weighted by Gasteiger charge is 2.22. The molecule has 2 heterocycles. The highest BCUT2D eigenvalue weighted by molar-refractivity contribution is 7.99. The van der Waals surface area contributed by atoms with Crippen molar-refractivity contribution in [3.05, 3.63) is 48.3 Å². The smallest absolute Gasteiger partial charge is 0.315 e. The molecule has 0 spiro atoms. The van der Waals surface area contributed by atoms with E-state index in [1.54, 1.807) is 6.20 Å². The largest absolute Gasteiger partial charge is 0.334 e. The Balaban J connectivity index is 1.56. The lowest BCUT2D eigenvalue weighted by molar-refractivity contribution is 0.231. The average Bonchev–Trinajstić information content (AvgIpc) is 3.00. The van der Waals surface area contributed by atoms with Crippen molar-refractivity contribution in [3.63, 3.8) is 0 Å². The van der Waals surface area contributed by atoms with Crippen molar-refractivity contribution in [1.29, 1.82) is 0 Å². The third-order valence-corrected chi connectivity index (χ3v) is 4.78. The number of nitrogens with zero attached hydrogens (tertiary/aromatic N) is 2. The lowest BCUT2D eigenvalue weighted by Crippen LogP contribution is -2.44. The van der Waals surface area contributed by atoms with Crippen LogP contribution in [0.4, 0.5) is 4.79 Å². The normalized spacial score (nSPS) is 18.3. The highest BCUT2D eigenvalue weighted by atomic mass is 32.2. The van der Waals surface area contributed by atoms with Gasteiger partial charge in [-0.25, -0.2) is 4.79 Å². The summed E-state index contributed by atoms with van der Waals surface area (Å²) in [6.07, 6.45) is 4.59. The summed E-state index contributed by atoms with van der Waals surface area (Å²) < 4.78 is 1.82. The molecule has 2 aromatic rings. The summed E-state index contributed by atoms with van der Waals surface area (Å²) in [6.45, 7) is 2.64. The summed E-state index contributed by atoms with van der Waals surface area (Å²) in [7, 11) is 0. The predicted molar refractivity (Wildman–Crippen MR) is 87.9 cm³/mol. The number of nitrogens with one attached hydrogen (secondary N) is 2. The van der Waals surface area contributed by atoms with Crippen LogP contribution in [0.5, 0.6) is 0 Å². The van der Waals surface area contributed by atoms with Crippen LogP contribution in [0.25, 0.3) is 0 Å². The number of benzene rings is 1. The van der Waals surface area contributed by atoms with Crippen molar-refractivity contribution < 1.29 is 4.79 Å². The SMILES string of the molecule is C[C@H](Cn1cccn1)NC(=O)N[C@H]1CCSc2ccccc21. The number of hydrogen-bond donors (Lipinski definition) is 2. The predicted octanol–water partition coefficient (Wildman–Crippen LogP) is 2.81. The van der Waals surface area contributed by atoms with Crippen LogP contribution in [-0.4, -0.2) is 27.6 Å². The molecular weight excluding hydrogens is 296 g/mol. The molecule has 1 aliphatic heterocycles. The zero-order valence-electron chi connectivity index (χ0n) is 12.5. The van der Waals surface area contributed by atoms with E-state index in [0.29, 0.717) is 6.54 Å². The second-order valence-electron chi connectivity index (χ2n) is 5.47. The van der Waals surface area contributed by atoms with E-state index in [0.717, 1.165) is 12.2 Å². The first-order valence-electron chi connectivity index (χ1n) is 7.48. The van der Waals surface area contributed by atoms with Crippen molar-refractivity contribution in [3.8, 4) is 0 Å². The molecule has 116 valence electrons. The van der Waals surface area contributed by atoms with E-state index >= 15 is 0 Å². The van der Waals surface area contributed by atoms with Crippen molar-refractivity contribution in [2.45, 2.75) is 36.9 Å². The fourth-order valence-electron chi connectivity index (χ4n) is 2.65. The second kappa shape index (κ2) is 6.87. The van der Waals surface area contributed by atoms with Crippen LogP contribution in [0, 0.1) is 0 Å². The van der Waals surface area contributed by atoms with Crippen LogP contribution in [0.3, 0.4) is 0 Å². The van der Waals surface area contributed by atoms with Crippen molar-refractivity contribution in [2.75, 3.05) is 5.75 Å². The molecular formula is C16H20N4OS. The maximum atomic E-state index is 12.2.